The van der Waals surface area contributed by atoms with Crippen LogP contribution in [-0.4, -0.2) is 15.8 Å². The van der Waals surface area contributed by atoms with E-state index in [1.54, 1.807) is 4.68 Å². The van der Waals surface area contributed by atoms with Gasteiger partial charge in [-0.1, -0.05) is 0 Å². The molecule has 0 saturated heterocycles. The van der Waals surface area contributed by atoms with Gasteiger partial charge in [-0.3, -0.25) is 4.68 Å². The lowest BCUT2D eigenvalue weighted by molar-refractivity contribution is 0.246. The van der Waals surface area contributed by atoms with Gasteiger partial charge >= 0.3 is 6.03 Å². The van der Waals surface area contributed by atoms with E-state index in [9.17, 15) is 4.79 Å². The fourth-order valence-corrected chi connectivity index (χ4v) is 1.33. The van der Waals surface area contributed by atoms with Crippen molar-refractivity contribution in [3.63, 3.8) is 0 Å². The zero-order valence-corrected chi connectivity index (χ0v) is 8.03. The molecule has 0 fully saturated rings. The van der Waals surface area contributed by atoms with Crippen molar-refractivity contribution >= 4 is 6.03 Å². The second kappa shape index (κ2) is 3.47. The molecule has 3 N–H and O–H groups in total. The van der Waals surface area contributed by atoms with Crippen molar-refractivity contribution in [1.29, 1.82) is 0 Å². The molecule has 0 aliphatic rings. The normalized spacial score (nSPS) is 12.5. The van der Waals surface area contributed by atoms with Gasteiger partial charge in [0, 0.05) is 18.8 Å². The van der Waals surface area contributed by atoms with Gasteiger partial charge in [-0.05, 0) is 13.8 Å². The van der Waals surface area contributed by atoms with Crippen molar-refractivity contribution in [3.8, 4) is 0 Å². The Morgan fingerprint density at radius 2 is 2.38 bits per heavy atom. The number of aryl methyl sites for hydroxylation is 2. The number of carbonyl (C=O) groups excluding carboxylic acids is 1. The summed E-state index contributed by atoms with van der Waals surface area (Å²) in [5.41, 5.74) is 6.90. The van der Waals surface area contributed by atoms with Gasteiger partial charge in [-0.15, -0.1) is 0 Å². The molecule has 0 saturated carbocycles. The van der Waals surface area contributed by atoms with Crippen molar-refractivity contribution < 1.29 is 4.79 Å². The number of carbonyl (C=O) groups is 1. The monoisotopic (exact) mass is 182 g/mol. The largest absolute Gasteiger partial charge is 0.352 e. The number of nitrogens with zero attached hydrogens (tertiary/aromatic N) is 2. The molecule has 0 aromatic carbocycles. The van der Waals surface area contributed by atoms with Crippen LogP contribution in [-0.2, 0) is 7.05 Å². The first kappa shape index (κ1) is 9.57. The Bertz CT molecular complexity index is 318. The highest BCUT2D eigenvalue weighted by atomic mass is 16.2. The summed E-state index contributed by atoms with van der Waals surface area (Å²) in [5.74, 6) is 0. The van der Waals surface area contributed by atoms with Crippen LogP contribution in [0.3, 0.4) is 0 Å². The number of rotatable bonds is 2. The SMILES string of the molecule is Cc1nn(C)cc1C(C)NC(N)=O. The highest BCUT2D eigenvalue weighted by Gasteiger charge is 2.12. The molecule has 1 aromatic heterocycles. The van der Waals surface area contributed by atoms with E-state index in [4.69, 9.17) is 5.73 Å². The predicted molar refractivity (Wildman–Crippen MR) is 49.1 cm³/mol. The summed E-state index contributed by atoms with van der Waals surface area (Å²) in [7, 11) is 1.84. The maximum Gasteiger partial charge on any atom is 0.312 e. The minimum atomic E-state index is -0.518. The number of aromatic nitrogens is 2. The highest BCUT2D eigenvalue weighted by molar-refractivity contribution is 5.72. The molecule has 1 rings (SSSR count). The van der Waals surface area contributed by atoms with E-state index < -0.39 is 6.03 Å². The van der Waals surface area contributed by atoms with E-state index in [0.29, 0.717) is 0 Å². The molecule has 1 aromatic rings. The third kappa shape index (κ3) is 2.21. The third-order valence-corrected chi connectivity index (χ3v) is 1.88. The molecule has 0 aliphatic heterocycles. The van der Waals surface area contributed by atoms with Gasteiger partial charge in [-0.2, -0.15) is 5.10 Å². The van der Waals surface area contributed by atoms with Gasteiger partial charge in [0.25, 0.3) is 0 Å². The number of nitrogens with two attached hydrogens (primary N) is 1. The van der Waals surface area contributed by atoms with Crippen LogP contribution in [0.4, 0.5) is 4.79 Å². The zero-order valence-electron chi connectivity index (χ0n) is 8.03. The van der Waals surface area contributed by atoms with E-state index in [0.717, 1.165) is 11.3 Å². The lowest BCUT2D eigenvalue weighted by Crippen LogP contribution is -2.31. The summed E-state index contributed by atoms with van der Waals surface area (Å²) >= 11 is 0. The van der Waals surface area contributed by atoms with Gasteiger partial charge < -0.3 is 11.1 Å². The lowest BCUT2D eigenvalue weighted by Gasteiger charge is -2.10. The van der Waals surface area contributed by atoms with E-state index >= 15 is 0 Å². The number of nitrogens with one attached hydrogen (secondary N) is 1. The molecule has 5 nitrogen and oxygen atoms in total. The molecule has 0 aliphatic carbocycles. The average molecular weight is 182 g/mol. The number of amides is 2. The smallest absolute Gasteiger partial charge is 0.312 e. The average Bonchev–Trinajstić information content (AvgIpc) is 2.28. The highest BCUT2D eigenvalue weighted by Crippen LogP contribution is 2.14. The van der Waals surface area contributed by atoms with Crippen LogP contribution in [0.1, 0.15) is 24.2 Å². The first-order valence-electron chi connectivity index (χ1n) is 4.07. The molecule has 1 unspecified atom stereocenters. The Labute approximate surface area is 76.9 Å². The van der Waals surface area contributed by atoms with E-state index in [2.05, 4.69) is 10.4 Å². The lowest BCUT2D eigenvalue weighted by atomic mass is 10.1. The van der Waals surface area contributed by atoms with Crippen LogP contribution in [0, 0.1) is 6.92 Å². The Hall–Kier alpha value is -1.52. The Kier molecular flexibility index (Phi) is 2.55. The predicted octanol–water partition coefficient (Wildman–Crippen LogP) is 0.458. The van der Waals surface area contributed by atoms with E-state index in [-0.39, 0.29) is 6.04 Å². The number of hydrogen-bond acceptors (Lipinski definition) is 2. The summed E-state index contributed by atoms with van der Waals surface area (Å²) in [6.07, 6.45) is 1.87. The van der Waals surface area contributed by atoms with Crippen LogP contribution >= 0.6 is 0 Å². The molecule has 0 spiro atoms. The first-order valence-corrected chi connectivity index (χ1v) is 4.07. The molecule has 0 radical (unpaired) electrons. The fraction of sp³-hybridized carbons (Fsp3) is 0.500. The second-order valence-electron chi connectivity index (χ2n) is 3.07. The van der Waals surface area contributed by atoms with E-state index in [1.165, 1.54) is 0 Å². The van der Waals surface area contributed by atoms with Gasteiger partial charge in [0.1, 0.15) is 0 Å². The van der Waals surface area contributed by atoms with E-state index in [1.807, 2.05) is 27.1 Å². The van der Waals surface area contributed by atoms with Crippen LogP contribution in [0.15, 0.2) is 6.20 Å². The van der Waals surface area contributed by atoms with Crippen molar-refractivity contribution in [2.75, 3.05) is 0 Å². The minimum Gasteiger partial charge on any atom is -0.352 e. The van der Waals surface area contributed by atoms with Crippen molar-refractivity contribution in [3.05, 3.63) is 17.5 Å². The van der Waals surface area contributed by atoms with Crippen LogP contribution < -0.4 is 11.1 Å². The zero-order chi connectivity index (χ0) is 10.0. The molecular formula is C8H14N4O. The maximum absolute atomic E-state index is 10.6. The molecule has 1 heterocycles. The van der Waals surface area contributed by atoms with Gasteiger partial charge in [-0.25, -0.2) is 4.79 Å². The first-order chi connectivity index (χ1) is 6.00. The third-order valence-electron chi connectivity index (χ3n) is 1.88. The van der Waals surface area contributed by atoms with Crippen molar-refractivity contribution in [2.24, 2.45) is 12.8 Å². The number of hydrogen-bond donors (Lipinski definition) is 2. The number of urea groups is 1. The quantitative estimate of drug-likeness (QED) is 0.697. The standard InChI is InChI=1S/C8H14N4O/c1-5(10-8(9)13)7-4-12(3)11-6(7)2/h4-5H,1-3H3,(H3,9,10,13). The summed E-state index contributed by atoms with van der Waals surface area (Å²) in [6.45, 7) is 3.77. The molecular weight excluding hydrogens is 168 g/mol. The van der Waals surface area contributed by atoms with Gasteiger partial charge in [0.05, 0.1) is 11.7 Å². The van der Waals surface area contributed by atoms with Crippen molar-refractivity contribution in [1.82, 2.24) is 15.1 Å². The maximum atomic E-state index is 10.6. The van der Waals surface area contributed by atoms with Crippen LogP contribution in [0.2, 0.25) is 0 Å². The van der Waals surface area contributed by atoms with Gasteiger partial charge in [0.15, 0.2) is 0 Å². The Morgan fingerprint density at radius 3 is 2.77 bits per heavy atom. The van der Waals surface area contributed by atoms with Gasteiger partial charge in [0.2, 0.25) is 0 Å². The Balaban J connectivity index is 2.81. The van der Waals surface area contributed by atoms with Crippen molar-refractivity contribution in [2.45, 2.75) is 19.9 Å². The molecule has 1 atom stereocenters. The fourth-order valence-electron chi connectivity index (χ4n) is 1.33. The van der Waals surface area contributed by atoms with Crippen LogP contribution in [0.5, 0.6) is 0 Å². The summed E-state index contributed by atoms with van der Waals surface area (Å²) in [4.78, 5) is 10.6. The Morgan fingerprint density at radius 1 is 1.77 bits per heavy atom. The summed E-state index contributed by atoms with van der Waals surface area (Å²) < 4.78 is 1.71. The molecule has 72 valence electrons. The molecule has 13 heavy (non-hydrogen) atoms. The van der Waals surface area contributed by atoms with Crippen LogP contribution in [0.25, 0.3) is 0 Å². The summed E-state index contributed by atoms with van der Waals surface area (Å²) in [6, 6.07) is -0.609. The summed E-state index contributed by atoms with van der Waals surface area (Å²) in [5, 5.41) is 6.76. The molecule has 2 amide bonds. The second-order valence-corrected chi connectivity index (χ2v) is 3.07. The minimum absolute atomic E-state index is 0.0915. The molecule has 0 bridgehead atoms. The topological polar surface area (TPSA) is 72.9 Å². The molecule has 5 heteroatoms. The number of primary amides is 1.